The van der Waals surface area contributed by atoms with E-state index in [9.17, 15) is 32.3 Å². The Bertz CT molecular complexity index is 1260. The second-order valence-corrected chi connectivity index (χ2v) is 9.74. The van der Waals surface area contributed by atoms with Crippen LogP contribution in [0.15, 0.2) is 35.1 Å². The Morgan fingerprint density at radius 3 is 2.37 bits per heavy atom. The summed E-state index contributed by atoms with van der Waals surface area (Å²) in [6, 6.07) is 6.72. The van der Waals surface area contributed by atoms with E-state index in [1.165, 1.54) is 41.8 Å². The fourth-order valence-corrected chi connectivity index (χ4v) is 4.94. The van der Waals surface area contributed by atoms with Crippen LogP contribution in [0.1, 0.15) is 47.8 Å². The lowest BCUT2D eigenvalue weighted by Crippen LogP contribution is -2.40. The number of hydrogen-bond acceptors (Lipinski definition) is 7. The number of alkyl halides is 3. The third-order valence-corrected chi connectivity index (χ3v) is 6.83. The SMILES string of the molecule is CC(=O)O[C@@H]1CCC[C@H]1N(C)Cc1c(Cl)cc(Cl)c(=O)n1CCc1ccc(C(=O)OC(=O)C(F)(F)F)cc1. The highest BCUT2D eigenvalue weighted by molar-refractivity contribution is 6.34. The minimum Gasteiger partial charge on any atom is -0.461 e. The van der Waals surface area contributed by atoms with Gasteiger partial charge in [-0.25, -0.2) is 9.59 Å². The van der Waals surface area contributed by atoms with Gasteiger partial charge in [0, 0.05) is 26.1 Å². The molecule has 2 aromatic rings. The molecule has 0 N–H and O–H groups in total. The lowest BCUT2D eigenvalue weighted by atomic mass is 10.1. The molecule has 0 bridgehead atoms. The van der Waals surface area contributed by atoms with Gasteiger partial charge in [0.1, 0.15) is 11.1 Å². The number of carbonyl (C=O) groups excluding carboxylic acids is 3. The van der Waals surface area contributed by atoms with Gasteiger partial charge in [0.15, 0.2) is 0 Å². The molecule has 1 saturated carbocycles. The second kappa shape index (κ2) is 12.3. The van der Waals surface area contributed by atoms with Crippen molar-refractivity contribution in [1.82, 2.24) is 9.47 Å². The number of nitrogens with zero attached hydrogens (tertiary/aromatic N) is 2. The van der Waals surface area contributed by atoms with Crippen LogP contribution >= 0.6 is 23.2 Å². The van der Waals surface area contributed by atoms with Gasteiger partial charge in [-0.3, -0.25) is 14.5 Å². The quantitative estimate of drug-likeness (QED) is 0.336. The molecule has 38 heavy (non-hydrogen) atoms. The van der Waals surface area contributed by atoms with Crippen molar-refractivity contribution in [2.75, 3.05) is 7.05 Å². The molecule has 0 saturated heterocycles. The van der Waals surface area contributed by atoms with E-state index in [0.717, 1.165) is 19.3 Å². The van der Waals surface area contributed by atoms with Gasteiger partial charge in [0.25, 0.3) is 5.56 Å². The van der Waals surface area contributed by atoms with Gasteiger partial charge in [0.2, 0.25) is 0 Å². The summed E-state index contributed by atoms with van der Waals surface area (Å²) in [5.41, 5.74) is 0.475. The predicted molar refractivity (Wildman–Crippen MR) is 132 cm³/mol. The highest BCUT2D eigenvalue weighted by atomic mass is 35.5. The van der Waals surface area contributed by atoms with E-state index in [-0.39, 0.29) is 46.8 Å². The first-order valence-electron chi connectivity index (χ1n) is 11.7. The molecule has 2 atom stereocenters. The van der Waals surface area contributed by atoms with Crippen molar-refractivity contribution in [3.63, 3.8) is 0 Å². The first kappa shape index (κ1) is 29.7. The fraction of sp³-hybridized carbons (Fsp3) is 0.440. The van der Waals surface area contributed by atoms with E-state index in [1.807, 2.05) is 11.9 Å². The highest BCUT2D eigenvalue weighted by Gasteiger charge is 2.42. The summed E-state index contributed by atoms with van der Waals surface area (Å²) in [7, 11) is 1.85. The maximum Gasteiger partial charge on any atom is 0.491 e. The summed E-state index contributed by atoms with van der Waals surface area (Å²) in [5, 5.41) is 0.225. The molecule has 1 aromatic heterocycles. The van der Waals surface area contributed by atoms with Gasteiger partial charge in [-0.15, -0.1) is 0 Å². The van der Waals surface area contributed by atoms with Crippen molar-refractivity contribution in [3.05, 3.63) is 67.6 Å². The summed E-state index contributed by atoms with van der Waals surface area (Å²) in [6.07, 6.45) is -2.81. The Morgan fingerprint density at radius 2 is 1.76 bits per heavy atom. The van der Waals surface area contributed by atoms with Gasteiger partial charge in [-0.2, -0.15) is 13.2 Å². The maximum absolute atomic E-state index is 12.9. The third-order valence-electron chi connectivity index (χ3n) is 6.24. The fourth-order valence-electron chi connectivity index (χ4n) is 4.40. The topological polar surface area (TPSA) is 94.9 Å². The van der Waals surface area contributed by atoms with Crippen LogP contribution in [0.5, 0.6) is 0 Å². The number of ether oxygens (including phenoxy) is 2. The number of benzene rings is 1. The normalized spacial score (nSPS) is 17.5. The van der Waals surface area contributed by atoms with Crippen LogP contribution in [-0.2, 0) is 38.6 Å². The Kier molecular flexibility index (Phi) is 9.61. The summed E-state index contributed by atoms with van der Waals surface area (Å²) in [5.74, 6) is -4.39. The van der Waals surface area contributed by atoms with Crippen LogP contribution in [0.4, 0.5) is 13.2 Å². The molecule has 0 spiro atoms. The summed E-state index contributed by atoms with van der Waals surface area (Å²) < 4.78 is 47.7. The lowest BCUT2D eigenvalue weighted by Gasteiger charge is -2.30. The van der Waals surface area contributed by atoms with Crippen molar-refractivity contribution in [2.45, 2.75) is 64.0 Å². The number of rotatable bonds is 8. The van der Waals surface area contributed by atoms with Crippen molar-refractivity contribution in [1.29, 1.82) is 0 Å². The number of hydrogen-bond donors (Lipinski definition) is 0. The zero-order valence-electron chi connectivity index (χ0n) is 20.5. The molecule has 1 fully saturated rings. The average molecular weight is 577 g/mol. The molecule has 0 unspecified atom stereocenters. The molecule has 0 radical (unpaired) electrons. The molecule has 1 aliphatic carbocycles. The van der Waals surface area contributed by atoms with Crippen molar-refractivity contribution < 1.29 is 37.0 Å². The number of pyridine rings is 1. The molecular formula is C25H25Cl2F3N2O6. The standard InChI is InChI=1S/C25H25Cl2F3N2O6/c1-14(33)37-21-5-3-4-19(21)31(2)13-20-17(26)12-18(27)22(34)32(20)11-10-15-6-8-16(9-7-15)23(35)38-24(36)25(28,29)30/h6-9,12,19,21H,3-5,10-11,13H2,1-2H3/t19-,21-/m1/s1. The van der Waals surface area contributed by atoms with Crippen LogP contribution in [0.25, 0.3) is 0 Å². The van der Waals surface area contributed by atoms with E-state index in [1.54, 1.807) is 0 Å². The smallest absolute Gasteiger partial charge is 0.461 e. The Hall–Kier alpha value is -2.89. The van der Waals surface area contributed by atoms with Crippen LogP contribution in [-0.4, -0.2) is 52.7 Å². The molecule has 206 valence electrons. The predicted octanol–water partition coefficient (Wildman–Crippen LogP) is 4.56. The Labute approximate surface area is 226 Å². The van der Waals surface area contributed by atoms with Gasteiger partial charge in [0.05, 0.1) is 16.3 Å². The lowest BCUT2D eigenvalue weighted by molar-refractivity contribution is -0.193. The van der Waals surface area contributed by atoms with E-state index >= 15 is 0 Å². The number of esters is 3. The second-order valence-electron chi connectivity index (χ2n) is 8.93. The van der Waals surface area contributed by atoms with Gasteiger partial charge < -0.3 is 14.0 Å². The van der Waals surface area contributed by atoms with Gasteiger partial charge >= 0.3 is 24.1 Å². The Morgan fingerprint density at radius 1 is 1.11 bits per heavy atom. The molecule has 1 aromatic carbocycles. The van der Waals surface area contributed by atoms with Crippen molar-refractivity contribution >= 4 is 41.1 Å². The number of carbonyl (C=O) groups is 3. The van der Waals surface area contributed by atoms with Gasteiger partial charge in [-0.05, 0) is 56.5 Å². The van der Waals surface area contributed by atoms with Crippen LogP contribution < -0.4 is 5.56 Å². The molecule has 13 heteroatoms. The first-order valence-corrected chi connectivity index (χ1v) is 12.4. The number of aryl methyl sites for hydroxylation is 1. The van der Waals surface area contributed by atoms with E-state index < -0.39 is 23.7 Å². The minimum absolute atomic E-state index is 0.0503. The van der Waals surface area contributed by atoms with E-state index in [0.29, 0.717) is 17.7 Å². The zero-order chi connectivity index (χ0) is 28.2. The number of aromatic nitrogens is 1. The molecule has 8 nitrogen and oxygen atoms in total. The Balaban J connectivity index is 1.74. The molecule has 1 heterocycles. The molecule has 3 rings (SSSR count). The number of likely N-dealkylation sites (N-methyl/N-ethyl adjacent to an activating group) is 1. The number of halogens is 5. The summed E-state index contributed by atoms with van der Waals surface area (Å²) in [4.78, 5) is 49.0. The zero-order valence-corrected chi connectivity index (χ0v) is 22.0. The van der Waals surface area contributed by atoms with Crippen LogP contribution in [0.2, 0.25) is 10.0 Å². The van der Waals surface area contributed by atoms with Crippen LogP contribution in [0, 0.1) is 0 Å². The largest absolute Gasteiger partial charge is 0.491 e. The molecule has 0 amide bonds. The van der Waals surface area contributed by atoms with Crippen molar-refractivity contribution in [3.8, 4) is 0 Å². The van der Waals surface area contributed by atoms with Gasteiger partial charge in [-0.1, -0.05) is 35.3 Å². The molecular weight excluding hydrogens is 552 g/mol. The third kappa shape index (κ3) is 7.36. The monoisotopic (exact) mass is 576 g/mol. The maximum atomic E-state index is 12.9. The first-order chi connectivity index (χ1) is 17.8. The minimum atomic E-state index is -5.29. The van der Waals surface area contributed by atoms with E-state index in [4.69, 9.17) is 27.9 Å². The van der Waals surface area contributed by atoms with Crippen LogP contribution in [0.3, 0.4) is 0 Å². The molecule has 0 aliphatic heterocycles. The average Bonchev–Trinajstić information content (AvgIpc) is 3.29. The van der Waals surface area contributed by atoms with Crippen molar-refractivity contribution in [2.24, 2.45) is 0 Å². The van der Waals surface area contributed by atoms with E-state index in [2.05, 4.69) is 4.74 Å². The summed E-state index contributed by atoms with van der Waals surface area (Å²) in [6.45, 7) is 1.81. The summed E-state index contributed by atoms with van der Waals surface area (Å²) >= 11 is 12.6. The molecule has 1 aliphatic rings. The highest BCUT2D eigenvalue weighted by Crippen LogP contribution is 2.29.